The van der Waals surface area contributed by atoms with Crippen LogP contribution in [0.25, 0.3) is 0 Å². The minimum Gasteiger partial charge on any atom is -0.458 e. The number of esters is 1. The zero-order valence-electron chi connectivity index (χ0n) is 17.1. The summed E-state index contributed by atoms with van der Waals surface area (Å²) in [7, 11) is 0. The minimum absolute atomic E-state index is 0.0192. The van der Waals surface area contributed by atoms with E-state index in [0.717, 1.165) is 24.7 Å². The standard InChI is InChI=1S/C23H32O6/c1-20-7-16(15-6-19(26)29-12-15)9-23(20,28)8-14-2-5-22(27)10-17(25)3-4-21(22,13-24)18(14)11-20/h6,13-14,16-18,25,27-28H,2-5,7-12H2,1H3/t14-,16+,17+,18-,20+,21-,22-,23-/m0/s1. The van der Waals surface area contributed by atoms with Gasteiger partial charge in [-0.3, -0.25) is 0 Å². The number of aldehydes is 1. The number of cyclic esters (lactones) is 1. The molecule has 3 N–H and O–H groups in total. The van der Waals surface area contributed by atoms with Crippen molar-refractivity contribution in [3.63, 3.8) is 0 Å². The summed E-state index contributed by atoms with van der Waals surface area (Å²) in [5.41, 5.74) is -2.19. The molecule has 0 amide bonds. The Morgan fingerprint density at radius 3 is 2.55 bits per heavy atom. The third-order valence-electron chi connectivity index (χ3n) is 9.58. The molecule has 0 aromatic rings. The third kappa shape index (κ3) is 2.58. The van der Waals surface area contributed by atoms with E-state index in [0.29, 0.717) is 45.1 Å². The van der Waals surface area contributed by atoms with E-state index in [4.69, 9.17) is 4.74 Å². The zero-order valence-corrected chi connectivity index (χ0v) is 17.1. The lowest BCUT2D eigenvalue weighted by molar-refractivity contribution is -0.229. The predicted octanol–water partition coefficient (Wildman–Crippen LogP) is 1.90. The van der Waals surface area contributed by atoms with Gasteiger partial charge in [-0.15, -0.1) is 0 Å². The molecular formula is C23H32O6. The van der Waals surface area contributed by atoms with Crippen LogP contribution in [0.4, 0.5) is 0 Å². The van der Waals surface area contributed by atoms with Gasteiger partial charge in [0, 0.05) is 12.5 Å². The molecule has 4 aliphatic carbocycles. The van der Waals surface area contributed by atoms with Gasteiger partial charge < -0.3 is 24.9 Å². The summed E-state index contributed by atoms with van der Waals surface area (Å²) in [5, 5.41) is 33.4. The largest absolute Gasteiger partial charge is 0.458 e. The van der Waals surface area contributed by atoms with E-state index in [1.54, 1.807) is 6.08 Å². The first-order valence-corrected chi connectivity index (χ1v) is 11.1. The van der Waals surface area contributed by atoms with Crippen LogP contribution in [0.3, 0.4) is 0 Å². The SMILES string of the molecule is C[C@]12C[C@@H](C3=CC(=O)OC3)C[C@@]1(O)C[C@@H]1CC[C@]3(O)C[C@H](O)CC[C@]3(C=O)[C@H]1C2. The van der Waals surface area contributed by atoms with Crippen LogP contribution in [0.1, 0.15) is 64.7 Å². The normalized spacial score (nSPS) is 54.1. The summed E-state index contributed by atoms with van der Waals surface area (Å²) in [6, 6.07) is 0. The predicted molar refractivity (Wildman–Crippen MR) is 104 cm³/mol. The lowest BCUT2D eigenvalue weighted by Gasteiger charge is -2.63. The van der Waals surface area contributed by atoms with Crippen molar-refractivity contribution in [2.45, 2.75) is 82.0 Å². The maximum Gasteiger partial charge on any atom is 0.331 e. The number of rotatable bonds is 2. The van der Waals surface area contributed by atoms with Gasteiger partial charge in [0.2, 0.25) is 0 Å². The molecule has 0 radical (unpaired) electrons. The van der Waals surface area contributed by atoms with Gasteiger partial charge in [-0.1, -0.05) is 6.92 Å². The lowest BCUT2D eigenvalue weighted by Crippen LogP contribution is -2.66. The summed E-state index contributed by atoms with van der Waals surface area (Å²) in [4.78, 5) is 24.0. The second-order valence-electron chi connectivity index (χ2n) is 10.9. The first kappa shape index (κ1) is 19.7. The van der Waals surface area contributed by atoms with Crippen molar-refractivity contribution in [3.05, 3.63) is 11.6 Å². The average Bonchev–Trinajstić information content (AvgIpc) is 3.20. The number of aliphatic hydroxyl groups excluding tert-OH is 1. The Balaban J connectivity index is 1.48. The van der Waals surface area contributed by atoms with Crippen LogP contribution in [-0.4, -0.2) is 51.5 Å². The van der Waals surface area contributed by atoms with E-state index in [9.17, 15) is 24.9 Å². The van der Waals surface area contributed by atoms with Gasteiger partial charge in [-0.2, -0.15) is 0 Å². The molecule has 4 saturated carbocycles. The highest BCUT2D eigenvalue weighted by molar-refractivity contribution is 5.85. The molecule has 1 heterocycles. The molecule has 1 aliphatic heterocycles. The maximum absolute atomic E-state index is 12.5. The molecule has 0 spiro atoms. The molecule has 5 rings (SSSR count). The maximum atomic E-state index is 12.5. The Hall–Kier alpha value is -1.24. The van der Waals surface area contributed by atoms with Gasteiger partial charge in [0.05, 0.1) is 22.7 Å². The van der Waals surface area contributed by atoms with Crippen molar-refractivity contribution in [1.82, 2.24) is 0 Å². The Kier molecular flexibility index (Phi) is 4.18. The van der Waals surface area contributed by atoms with Crippen molar-refractivity contribution in [3.8, 4) is 0 Å². The molecule has 160 valence electrons. The Morgan fingerprint density at radius 2 is 1.86 bits per heavy atom. The highest BCUT2D eigenvalue weighted by atomic mass is 16.5. The molecule has 0 aromatic carbocycles. The molecule has 0 aromatic heterocycles. The fourth-order valence-electron chi connectivity index (χ4n) is 7.95. The number of hydrogen-bond acceptors (Lipinski definition) is 6. The smallest absolute Gasteiger partial charge is 0.331 e. The number of hydrogen-bond donors (Lipinski definition) is 3. The quantitative estimate of drug-likeness (QED) is 0.480. The van der Waals surface area contributed by atoms with E-state index in [1.165, 1.54) is 0 Å². The number of fused-ring (bicyclic) bond motifs is 4. The Morgan fingerprint density at radius 1 is 1.07 bits per heavy atom. The third-order valence-corrected chi connectivity index (χ3v) is 9.58. The molecule has 4 fully saturated rings. The van der Waals surface area contributed by atoms with Crippen molar-refractivity contribution in [2.75, 3.05) is 6.61 Å². The molecule has 29 heavy (non-hydrogen) atoms. The van der Waals surface area contributed by atoms with E-state index in [-0.39, 0.29) is 35.6 Å². The molecule has 0 unspecified atom stereocenters. The van der Waals surface area contributed by atoms with Gasteiger partial charge >= 0.3 is 5.97 Å². The van der Waals surface area contributed by atoms with Crippen LogP contribution in [0.2, 0.25) is 0 Å². The monoisotopic (exact) mass is 404 g/mol. The van der Waals surface area contributed by atoms with E-state index in [1.807, 2.05) is 0 Å². The molecule has 6 nitrogen and oxygen atoms in total. The minimum atomic E-state index is -1.15. The molecule has 0 saturated heterocycles. The van der Waals surface area contributed by atoms with Crippen molar-refractivity contribution in [1.29, 1.82) is 0 Å². The Bertz CT molecular complexity index is 777. The number of ether oxygens (including phenoxy) is 1. The van der Waals surface area contributed by atoms with Crippen LogP contribution in [0.5, 0.6) is 0 Å². The average molecular weight is 405 g/mol. The van der Waals surface area contributed by atoms with E-state index >= 15 is 0 Å². The van der Waals surface area contributed by atoms with Crippen LogP contribution >= 0.6 is 0 Å². The molecule has 5 aliphatic rings. The van der Waals surface area contributed by atoms with Gasteiger partial charge in [0.15, 0.2) is 0 Å². The summed E-state index contributed by atoms with van der Waals surface area (Å²) < 4.78 is 5.10. The van der Waals surface area contributed by atoms with Crippen LogP contribution in [0, 0.1) is 28.6 Å². The fourth-order valence-corrected chi connectivity index (χ4v) is 7.95. The topological polar surface area (TPSA) is 104 Å². The van der Waals surface area contributed by atoms with Crippen molar-refractivity contribution >= 4 is 12.3 Å². The van der Waals surface area contributed by atoms with Gasteiger partial charge in [0.1, 0.15) is 12.9 Å². The summed E-state index contributed by atoms with van der Waals surface area (Å²) >= 11 is 0. The van der Waals surface area contributed by atoms with Crippen molar-refractivity contribution < 1.29 is 29.6 Å². The van der Waals surface area contributed by atoms with Crippen LogP contribution in [-0.2, 0) is 14.3 Å². The molecular weight excluding hydrogens is 372 g/mol. The van der Waals surface area contributed by atoms with Gasteiger partial charge in [0.25, 0.3) is 0 Å². The van der Waals surface area contributed by atoms with Gasteiger partial charge in [-0.05, 0) is 80.1 Å². The van der Waals surface area contributed by atoms with E-state index in [2.05, 4.69) is 6.92 Å². The second-order valence-corrected chi connectivity index (χ2v) is 10.9. The number of carbonyl (C=O) groups is 2. The highest BCUT2D eigenvalue weighted by Crippen LogP contribution is 2.68. The van der Waals surface area contributed by atoms with E-state index < -0.39 is 22.7 Å². The molecule has 0 bridgehead atoms. The summed E-state index contributed by atoms with van der Waals surface area (Å²) in [6.07, 6.45) is 7.36. The first-order valence-electron chi connectivity index (χ1n) is 11.1. The lowest BCUT2D eigenvalue weighted by atomic mass is 9.43. The fraction of sp³-hybridized carbons (Fsp3) is 0.826. The number of carbonyl (C=O) groups excluding carboxylic acids is 2. The summed E-state index contributed by atoms with van der Waals surface area (Å²) in [6.45, 7) is 2.43. The molecule has 8 atom stereocenters. The first-order chi connectivity index (χ1) is 13.6. The van der Waals surface area contributed by atoms with Crippen LogP contribution in [0.15, 0.2) is 11.6 Å². The Labute approximate surface area is 171 Å². The summed E-state index contributed by atoms with van der Waals surface area (Å²) in [5.74, 6) is 0.0379. The highest BCUT2D eigenvalue weighted by Gasteiger charge is 2.68. The van der Waals surface area contributed by atoms with Crippen LogP contribution < -0.4 is 0 Å². The zero-order chi connectivity index (χ0) is 20.7. The second kappa shape index (κ2) is 6.14. The van der Waals surface area contributed by atoms with Crippen molar-refractivity contribution in [2.24, 2.45) is 28.6 Å². The number of aliphatic hydroxyl groups is 3. The van der Waals surface area contributed by atoms with Gasteiger partial charge in [-0.25, -0.2) is 4.79 Å². The molecule has 6 heteroatoms.